The van der Waals surface area contributed by atoms with Crippen LogP contribution < -0.4 is 4.74 Å². The van der Waals surface area contributed by atoms with Crippen LogP contribution in [0.2, 0.25) is 0 Å². The average molecular weight is 237 g/mol. The molecule has 0 saturated heterocycles. The Labute approximate surface area is 102 Å². The topological polar surface area (TPSA) is 49.8 Å². The molecule has 0 bridgehead atoms. The van der Waals surface area contributed by atoms with E-state index in [0.29, 0.717) is 17.9 Å². The lowest BCUT2D eigenvalue weighted by molar-refractivity contribution is 0.112. The first-order valence-electron chi connectivity index (χ1n) is 5.73. The summed E-state index contributed by atoms with van der Waals surface area (Å²) in [5.74, 6) is 0.460. The maximum absolute atomic E-state index is 10.8. The molecular formula is C13H19NO3. The van der Waals surface area contributed by atoms with Crippen LogP contribution in [0.3, 0.4) is 0 Å². The number of rotatable bonds is 6. The van der Waals surface area contributed by atoms with E-state index in [1.165, 1.54) is 13.2 Å². The minimum atomic E-state index is 0.116. The molecule has 1 rings (SSSR count). The number of nitrogens with zero attached hydrogens (tertiary/aromatic N) is 1. The lowest BCUT2D eigenvalue weighted by Gasteiger charge is -2.19. The molecule has 17 heavy (non-hydrogen) atoms. The van der Waals surface area contributed by atoms with Crippen molar-refractivity contribution in [3.8, 4) is 11.5 Å². The van der Waals surface area contributed by atoms with Gasteiger partial charge in [-0.05, 0) is 25.2 Å². The highest BCUT2D eigenvalue weighted by atomic mass is 16.5. The molecule has 0 aliphatic rings. The number of carbonyl (C=O) groups is 1. The lowest BCUT2D eigenvalue weighted by atomic mass is 10.1. The summed E-state index contributed by atoms with van der Waals surface area (Å²) in [6.07, 6.45) is 0.758. The minimum Gasteiger partial charge on any atom is -0.504 e. The first kappa shape index (κ1) is 13.5. The van der Waals surface area contributed by atoms with E-state index >= 15 is 0 Å². The first-order chi connectivity index (χ1) is 8.15. The van der Waals surface area contributed by atoms with Crippen LogP contribution in [-0.2, 0) is 6.54 Å². The van der Waals surface area contributed by atoms with Crippen molar-refractivity contribution >= 4 is 6.29 Å². The molecule has 94 valence electrons. The summed E-state index contributed by atoms with van der Waals surface area (Å²) in [5, 5.41) is 9.98. The van der Waals surface area contributed by atoms with Crippen molar-refractivity contribution in [2.45, 2.75) is 20.4 Å². The molecular weight excluding hydrogens is 218 g/mol. The number of phenols is 1. The van der Waals surface area contributed by atoms with E-state index in [-0.39, 0.29) is 5.75 Å². The summed E-state index contributed by atoms with van der Waals surface area (Å²) in [6.45, 7) is 6.51. The second-order valence-electron chi connectivity index (χ2n) is 3.81. The summed E-state index contributed by atoms with van der Waals surface area (Å²) in [6, 6.07) is 3.23. The molecule has 1 aromatic carbocycles. The highest BCUT2D eigenvalue weighted by molar-refractivity contribution is 5.77. The van der Waals surface area contributed by atoms with E-state index in [1.807, 2.05) is 0 Å². The van der Waals surface area contributed by atoms with Gasteiger partial charge in [0.1, 0.15) is 6.29 Å². The quantitative estimate of drug-likeness (QED) is 0.769. The van der Waals surface area contributed by atoms with Crippen LogP contribution in [0.1, 0.15) is 29.8 Å². The largest absolute Gasteiger partial charge is 0.504 e. The molecule has 4 nitrogen and oxygen atoms in total. The maximum Gasteiger partial charge on any atom is 0.162 e. The van der Waals surface area contributed by atoms with Gasteiger partial charge in [-0.2, -0.15) is 0 Å². The van der Waals surface area contributed by atoms with Crippen LogP contribution in [0.25, 0.3) is 0 Å². The molecule has 1 aromatic rings. The van der Waals surface area contributed by atoms with E-state index < -0.39 is 0 Å². The summed E-state index contributed by atoms with van der Waals surface area (Å²) in [7, 11) is 1.48. The fourth-order valence-corrected chi connectivity index (χ4v) is 1.72. The van der Waals surface area contributed by atoms with Gasteiger partial charge in [-0.3, -0.25) is 9.69 Å². The van der Waals surface area contributed by atoms with Gasteiger partial charge in [0.15, 0.2) is 11.5 Å². The summed E-state index contributed by atoms with van der Waals surface area (Å²) in [4.78, 5) is 13.0. The Morgan fingerprint density at radius 2 is 2.00 bits per heavy atom. The van der Waals surface area contributed by atoms with Crippen molar-refractivity contribution in [2.24, 2.45) is 0 Å². The van der Waals surface area contributed by atoms with Gasteiger partial charge in [-0.25, -0.2) is 0 Å². The van der Waals surface area contributed by atoms with Crippen molar-refractivity contribution in [2.75, 3.05) is 20.2 Å². The number of benzene rings is 1. The summed E-state index contributed by atoms with van der Waals surface area (Å²) < 4.78 is 5.05. The molecule has 0 unspecified atom stereocenters. The summed E-state index contributed by atoms with van der Waals surface area (Å²) in [5.41, 5.74) is 1.23. The Morgan fingerprint density at radius 1 is 1.35 bits per heavy atom. The number of hydrogen-bond acceptors (Lipinski definition) is 4. The monoisotopic (exact) mass is 237 g/mol. The third kappa shape index (κ3) is 3.20. The Hall–Kier alpha value is -1.55. The average Bonchev–Trinajstić information content (AvgIpc) is 2.37. The Kier molecular flexibility index (Phi) is 4.97. The van der Waals surface area contributed by atoms with Crippen molar-refractivity contribution in [1.82, 2.24) is 4.90 Å². The van der Waals surface area contributed by atoms with Gasteiger partial charge in [-0.15, -0.1) is 0 Å². The van der Waals surface area contributed by atoms with Crippen LogP contribution in [0.15, 0.2) is 12.1 Å². The SMILES string of the molecule is CCN(CC)Cc1cc(C=O)cc(OC)c1O. The van der Waals surface area contributed by atoms with Gasteiger partial charge in [0.2, 0.25) is 0 Å². The molecule has 0 saturated carbocycles. The zero-order valence-electron chi connectivity index (χ0n) is 10.6. The van der Waals surface area contributed by atoms with Crippen molar-refractivity contribution in [1.29, 1.82) is 0 Å². The molecule has 4 heteroatoms. The third-order valence-corrected chi connectivity index (χ3v) is 2.82. The van der Waals surface area contributed by atoms with E-state index in [2.05, 4.69) is 18.7 Å². The number of carbonyl (C=O) groups excluding carboxylic acids is 1. The van der Waals surface area contributed by atoms with Crippen LogP contribution in [0, 0.1) is 0 Å². The normalized spacial score (nSPS) is 10.6. The minimum absolute atomic E-state index is 0.116. The molecule has 0 spiro atoms. The van der Waals surface area contributed by atoms with Gasteiger partial charge in [0.05, 0.1) is 7.11 Å². The zero-order chi connectivity index (χ0) is 12.8. The highest BCUT2D eigenvalue weighted by Crippen LogP contribution is 2.31. The lowest BCUT2D eigenvalue weighted by Crippen LogP contribution is -2.22. The van der Waals surface area contributed by atoms with Gasteiger partial charge in [0.25, 0.3) is 0 Å². The number of aromatic hydroxyl groups is 1. The molecule has 0 aromatic heterocycles. The maximum atomic E-state index is 10.8. The second-order valence-corrected chi connectivity index (χ2v) is 3.81. The Balaban J connectivity index is 3.08. The Morgan fingerprint density at radius 3 is 2.47 bits per heavy atom. The van der Waals surface area contributed by atoms with Crippen molar-refractivity contribution in [3.05, 3.63) is 23.3 Å². The molecule has 0 radical (unpaired) electrons. The summed E-state index contributed by atoms with van der Waals surface area (Å²) >= 11 is 0. The number of phenolic OH excluding ortho intramolecular Hbond substituents is 1. The van der Waals surface area contributed by atoms with Crippen LogP contribution in [-0.4, -0.2) is 36.5 Å². The van der Waals surface area contributed by atoms with Gasteiger partial charge in [0, 0.05) is 17.7 Å². The highest BCUT2D eigenvalue weighted by Gasteiger charge is 2.12. The fraction of sp³-hybridized carbons (Fsp3) is 0.462. The smallest absolute Gasteiger partial charge is 0.162 e. The Bertz CT molecular complexity index is 386. The fourth-order valence-electron chi connectivity index (χ4n) is 1.72. The molecule has 0 fully saturated rings. The first-order valence-corrected chi connectivity index (χ1v) is 5.73. The van der Waals surface area contributed by atoms with Gasteiger partial charge in [-0.1, -0.05) is 13.8 Å². The standard InChI is InChI=1S/C13H19NO3/c1-4-14(5-2)8-11-6-10(9-15)7-12(17-3)13(11)16/h6-7,9,16H,4-5,8H2,1-3H3. The molecule has 0 aliphatic carbocycles. The zero-order valence-corrected chi connectivity index (χ0v) is 10.6. The van der Waals surface area contributed by atoms with E-state index in [9.17, 15) is 9.90 Å². The van der Waals surface area contributed by atoms with Crippen molar-refractivity contribution < 1.29 is 14.6 Å². The second kappa shape index (κ2) is 6.25. The van der Waals surface area contributed by atoms with Crippen LogP contribution in [0.4, 0.5) is 0 Å². The van der Waals surface area contributed by atoms with Gasteiger partial charge >= 0.3 is 0 Å². The predicted octanol–water partition coefficient (Wildman–Crippen LogP) is 2.06. The molecule has 0 atom stereocenters. The molecule has 0 aliphatic heterocycles. The van der Waals surface area contributed by atoms with E-state index in [1.54, 1.807) is 6.07 Å². The molecule has 0 amide bonds. The van der Waals surface area contributed by atoms with Crippen LogP contribution in [0.5, 0.6) is 11.5 Å². The predicted molar refractivity (Wildman–Crippen MR) is 66.7 cm³/mol. The van der Waals surface area contributed by atoms with Crippen molar-refractivity contribution in [3.63, 3.8) is 0 Å². The van der Waals surface area contributed by atoms with Crippen LogP contribution >= 0.6 is 0 Å². The number of ether oxygens (including phenoxy) is 1. The van der Waals surface area contributed by atoms with E-state index in [0.717, 1.165) is 24.9 Å². The molecule has 1 N–H and O–H groups in total. The number of hydrogen-bond donors (Lipinski definition) is 1. The van der Waals surface area contributed by atoms with E-state index in [4.69, 9.17) is 4.74 Å². The third-order valence-electron chi connectivity index (χ3n) is 2.82. The van der Waals surface area contributed by atoms with Gasteiger partial charge < -0.3 is 9.84 Å². The number of methoxy groups -OCH3 is 1. The number of aldehydes is 1. The molecule has 0 heterocycles.